The highest BCUT2D eigenvalue weighted by molar-refractivity contribution is 7.17. The normalized spacial score (nSPS) is 12.9. The Morgan fingerprint density at radius 1 is 1.24 bits per heavy atom. The third-order valence-electron chi connectivity index (χ3n) is 3.72. The van der Waals surface area contributed by atoms with Crippen molar-refractivity contribution in [2.24, 2.45) is 0 Å². The lowest BCUT2D eigenvalue weighted by Gasteiger charge is -2.15. The Balaban J connectivity index is 2.08. The summed E-state index contributed by atoms with van der Waals surface area (Å²) in [4.78, 5) is 6.21. The lowest BCUT2D eigenvalue weighted by molar-refractivity contribution is 0.630. The SMILES string of the molecule is CCNC(c1nc(CC)c(C)s1)c1csc2ccccc12. The summed E-state index contributed by atoms with van der Waals surface area (Å²) < 4.78 is 1.35. The van der Waals surface area contributed by atoms with E-state index in [-0.39, 0.29) is 6.04 Å². The maximum Gasteiger partial charge on any atom is 0.115 e. The number of nitrogens with zero attached hydrogens (tertiary/aromatic N) is 1. The summed E-state index contributed by atoms with van der Waals surface area (Å²) >= 11 is 3.64. The first-order chi connectivity index (χ1) is 10.2. The number of aryl methyl sites for hydroxylation is 2. The van der Waals surface area contributed by atoms with E-state index in [4.69, 9.17) is 4.98 Å². The number of nitrogens with one attached hydrogen (secondary N) is 1. The van der Waals surface area contributed by atoms with Gasteiger partial charge in [-0.1, -0.05) is 32.0 Å². The minimum Gasteiger partial charge on any atom is -0.304 e. The number of hydrogen-bond donors (Lipinski definition) is 1. The number of thiazole rings is 1. The average Bonchev–Trinajstić information content (AvgIpc) is 3.08. The molecular weight excluding hydrogens is 296 g/mol. The van der Waals surface area contributed by atoms with Gasteiger partial charge >= 0.3 is 0 Å². The molecule has 3 aromatic rings. The third-order valence-corrected chi connectivity index (χ3v) is 5.78. The minimum absolute atomic E-state index is 0.204. The van der Waals surface area contributed by atoms with E-state index in [9.17, 15) is 0 Å². The predicted octanol–water partition coefficient (Wildman–Crippen LogP) is 4.93. The molecule has 0 aliphatic rings. The monoisotopic (exact) mass is 316 g/mol. The molecule has 0 radical (unpaired) electrons. The largest absolute Gasteiger partial charge is 0.304 e. The van der Waals surface area contributed by atoms with E-state index >= 15 is 0 Å². The predicted molar refractivity (Wildman–Crippen MR) is 93.6 cm³/mol. The van der Waals surface area contributed by atoms with Crippen LogP contribution < -0.4 is 5.32 Å². The fourth-order valence-corrected chi connectivity index (χ4v) is 4.75. The van der Waals surface area contributed by atoms with Gasteiger partial charge in [-0.25, -0.2) is 4.98 Å². The fraction of sp³-hybridized carbons (Fsp3) is 0.353. The topological polar surface area (TPSA) is 24.9 Å². The zero-order valence-corrected chi connectivity index (χ0v) is 14.3. The number of thiophene rings is 1. The molecule has 0 amide bonds. The first kappa shape index (κ1) is 14.7. The third kappa shape index (κ3) is 2.76. The molecule has 1 atom stereocenters. The molecule has 4 heteroatoms. The van der Waals surface area contributed by atoms with Crippen LogP contribution in [0.5, 0.6) is 0 Å². The molecule has 3 rings (SSSR count). The maximum absolute atomic E-state index is 4.87. The van der Waals surface area contributed by atoms with Crippen LogP contribution in [0.3, 0.4) is 0 Å². The van der Waals surface area contributed by atoms with Crippen molar-refractivity contribution in [1.82, 2.24) is 10.3 Å². The molecule has 0 fully saturated rings. The van der Waals surface area contributed by atoms with Crippen LogP contribution >= 0.6 is 22.7 Å². The highest BCUT2D eigenvalue weighted by Gasteiger charge is 2.21. The van der Waals surface area contributed by atoms with E-state index in [0.717, 1.165) is 13.0 Å². The second-order valence-corrected chi connectivity index (χ2v) is 7.23. The molecule has 0 aliphatic heterocycles. The van der Waals surface area contributed by atoms with Gasteiger partial charge in [-0.05, 0) is 42.3 Å². The Kier molecular flexibility index (Phi) is 4.38. The summed E-state index contributed by atoms with van der Waals surface area (Å²) in [5, 5.41) is 8.43. The van der Waals surface area contributed by atoms with Gasteiger partial charge in [0.15, 0.2) is 0 Å². The van der Waals surface area contributed by atoms with Gasteiger partial charge in [0.2, 0.25) is 0 Å². The quantitative estimate of drug-likeness (QED) is 0.722. The van der Waals surface area contributed by atoms with Gasteiger partial charge in [-0.3, -0.25) is 0 Å². The Morgan fingerprint density at radius 2 is 2.05 bits per heavy atom. The average molecular weight is 316 g/mol. The van der Waals surface area contributed by atoms with Crippen molar-refractivity contribution in [2.75, 3.05) is 6.54 Å². The Morgan fingerprint density at radius 3 is 2.76 bits per heavy atom. The number of fused-ring (bicyclic) bond motifs is 1. The molecule has 1 unspecified atom stereocenters. The van der Waals surface area contributed by atoms with Gasteiger partial charge in [0.25, 0.3) is 0 Å². The van der Waals surface area contributed by atoms with Gasteiger partial charge in [-0.2, -0.15) is 0 Å². The summed E-state index contributed by atoms with van der Waals surface area (Å²) in [5.41, 5.74) is 2.59. The lowest BCUT2D eigenvalue weighted by Crippen LogP contribution is -2.21. The van der Waals surface area contributed by atoms with Crippen molar-refractivity contribution in [3.05, 3.63) is 50.8 Å². The van der Waals surface area contributed by atoms with E-state index in [0.29, 0.717) is 0 Å². The summed E-state index contributed by atoms with van der Waals surface area (Å²) in [6.07, 6.45) is 1.01. The van der Waals surface area contributed by atoms with E-state index in [1.807, 2.05) is 22.7 Å². The van der Waals surface area contributed by atoms with Crippen molar-refractivity contribution >= 4 is 32.8 Å². The van der Waals surface area contributed by atoms with Crippen LogP contribution in [-0.4, -0.2) is 11.5 Å². The maximum atomic E-state index is 4.87. The number of benzene rings is 1. The molecule has 1 N–H and O–H groups in total. The number of hydrogen-bond acceptors (Lipinski definition) is 4. The molecule has 110 valence electrons. The molecular formula is C17H20N2S2. The summed E-state index contributed by atoms with van der Waals surface area (Å²) in [6.45, 7) is 7.44. The zero-order valence-electron chi connectivity index (χ0n) is 12.6. The van der Waals surface area contributed by atoms with Crippen molar-refractivity contribution < 1.29 is 0 Å². The molecule has 0 saturated carbocycles. The first-order valence-corrected chi connectivity index (χ1v) is 9.09. The van der Waals surface area contributed by atoms with Crippen LogP contribution in [0.2, 0.25) is 0 Å². The second-order valence-electron chi connectivity index (χ2n) is 5.09. The van der Waals surface area contributed by atoms with Crippen LogP contribution in [0, 0.1) is 6.92 Å². The van der Waals surface area contributed by atoms with Crippen molar-refractivity contribution in [3.8, 4) is 0 Å². The van der Waals surface area contributed by atoms with Crippen LogP contribution in [-0.2, 0) is 6.42 Å². The van der Waals surface area contributed by atoms with Gasteiger partial charge in [0, 0.05) is 9.58 Å². The molecule has 0 spiro atoms. The van der Waals surface area contributed by atoms with Crippen LogP contribution in [0.15, 0.2) is 29.6 Å². The van der Waals surface area contributed by atoms with Gasteiger partial charge < -0.3 is 5.32 Å². The number of rotatable bonds is 5. The number of aromatic nitrogens is 1. The van der Waals surface area contributed by atoms with Crippen molar-refractivity contribution in [2.45, 2.75) is 33.2 Å². The molecule has 1 aromatic carbocycles. The fourth-order valence-electron chi connectivity index (χ4n) is 2.66. The van der Waals surface area contributed by atoms with Crippen molar-refractivity contribution in [1.29, 1.82) is 0 Å². The smallest absolute Gasteiger partial charge is 0.115 e. The highest BCUT2D eigenvalue weighted by Crippen LogP contribution is 2.35. The standard InChI is InChI=1S/C17H20N2S2/c1-4-14-11(3)21-17(19-14)16(18-5-2)13-10-20-15-9-7-6-8-12(13)15/h6-10,16,18H,4-5H2,1-3H3. The Hall–Kier alpha value is -1.23. The van der Waals surface area contributed by atoms with Gasteiger partial charge in [-0.15, -0.1) is 22.7 Å². The lowest BCUT2D eigenvalue weighted by atomic mass is 10.1. The molecule has 0 aliphatic carbocycles. The van der Waals surface area contributed by atoms with Crippen LogP contribution in [0.4, 0.5) is 0 Å². The Bertz CT molecular complexity index is 742. The minimum atomic E-state index is 0.204. The van der Waals surface area contributed by atoms with E-state index in [1.165, 1.54) is 31.2 Å². The molecule has 21 heavy (non-hydrogen) atoms. The molecule has 2 aromatic heterocycles. The van der Waals surface area contributed by atoms with Gasteiger partial charge in [0.1, 0.15) is 5.01 Å². The second kappa shape index (κ2) is 6.26. The highest BCUT2D eigenvalue weighted by atomic mass is 32.1. The Labute approximate surface area is 133 Å². The molecule has 0 saturated heterocycles. The van der Waals surface area contributed by atoms with Crippen LogP contribution in [0.25, 0.3) is 10.1 Å². The zero-order chi connectivity index (χ0) is 14.8. The van der Waals surface area contributed by atoms with Crippen LogP contribution in [0.1, 0.15) is 41.0 Å². The first-order valence-electron chi connectivity index (χ1n) is 7.40. The van der Waals surface area contributed by atoms with E-state index < -0.39 is 0 Å². The van der Waals surface area contributed by atoms with E-state index in [2.05, 4.69) is 55.7 Å². The summed E-state index contributed by atoms with van der Waals surface area (Å²) in [6, 6.07) is 8.83. The van der Waals surface area contributed by atoms with Crippen molar-refractivity contribution in [3.63, 3.8) is 0 Å². The summed E-state index contributed by atoms with van der Waals surface area (Å²) in [7, 11) is 0. The van der Waals surface area contributed by atoms with E-state index in [1.54, 1.807) is 0 Å². The molecule has 0 bridgehead atoms. The van der Waals surface area contributed by atoms with Gasteiger partial charge in [0.05, 0.1) is 11.7 Å². The molecule has 2 nitrogen and oxygen atoms in total. The molecule has 2 heterocycles. The summed E-state index contributed by atoms with van der Waals surface area (Å²) in [5.74, 6) is 0.